The van der Waals surface area contributed by atoms with Gasteiger partial charge in [0.1, 0.15) is 14.2 Å². The standard InChI is InChI=1S/C28H22N4O2S2/c1-17-13-15-19(16-14-17)31-26(34)24(28-30(3)21-11-7-8-12-22(21)35-28)36-27(31)23-18(2)29-32(25(23)33)20-9-5-4-6-10-20/h4-16H,1-3H3/b27-23+,28-24-. The summed E-state index contributed by atoms with van der Waals surface area (Å²) in [6.45, 7) is 3.83. The highest BCUT2D eigenvalue weighted by Crippen LogP contribution is 2.45. The Bertz CT molecular complexity index is 1730. The van der Waals surface area contributed by atoms with E-state index in [1.54, 1.807) is 16.3 Å². The highest BCUT2D eigenvalue weighted by molar-refractivity contribution is 8.08. The number of thiazole rings is 1. The molecule has 0 N–H and O–H groups in total. The van der Waals surface area contributed by atoms with Gasteiger partial charge in [-0.05, 0) is 50.2 Å². The van der Waals surface area contributed by atoms with E-state index >= 15 is 0 Å². The van der Waals surface area contributed by atoms with Crippen LogP contribution >= 0.6 is 23.1 Å². The van der Waals surface area contributed by atoms with Gasteiger partial charge in [-0.1, -0.05) is 59.8 Å². The molecule has 0 aliphatic carbocycles. The quantitative estimate of drug-likeness (QED) is 0.408. The Kier molecular flexibility index (Phi) is 5.43. The molecular formula is C28H22N4O2S2. The summed E-state index contributed by atoms with van der Waals surface area (Å²) in [5, 5.41) is 6.83. The molecule has 3 aromatic carbocycles. The number of anilines is 2. The van der Waals surface area contributed by atoms with Gasteiger partial charge in [0.25, 0.3) is 11.5 Å². The average Bonchev–Trinajstić information content (AvgIpc) is 3.50. The van der Waals surface area contributed by atoms with Gasteiger partial charge in [0.15, 0.2) is 0 Å². The Balaban J connectivity index is 1.65. The smallest absolute Gasteiger partial charge is 0.283 e. The summed E-state index contributed by atoms with van der Waals surface area (Å²) < 4.78 is 2.84. The van der Waals surface area contributed by atoms with Gasteiger partial charge >= 0.3 is 0 Å². The van der Waals surface area contributed by atoms with E-state index in [1.807, 2.05) is 93.7 Å². The van der Waals surface area contributed by atoms with Gasteiger partial charge in [-0.25, -0.2) is 0 Å². The molecule has 6 nitrogen and oxygen atoms in total. The Morgan fingerprint density at radius 1 is 0.806 bits per heavy atom. The van der Waals surface area contributed by atoms with Gasteiger partial charge in [0, 0.05) is 11.9 Å². The van der Waals surface area contributed by atoms with Crippen molar-refractivity contribution in [2.75, 3.05) is 17.0 Å². The van der Waals surface area contributed by atoms with Crippen LogP contribution in [0.5, 0.6) is 0 Å². The zero-order chi connectivity index (χ0) is 25.0. The van der Waals surface area contributed by atoms with Gasteiger partial charge in [0.2, 0.25) is 0 Å². The molecule has 0 radical (unpaired) electrons. The van der Waals surface area contributed by atoms with Crippen molar-refractivity contribution in [3.63, 3.8) is 0 Å². The number of carbonyl (C=O) groups is 1. The van der Waals surface area contributed by atoms with Crippen molar-refractivity contribution < 1.29 is 4.79 Å². The molecule has 1 amide bonds. The van der Waals surface area contributed by atoms with Crippen molar-refractivity contribution in [3.8, 4) is 5.69 Å². The third-order valence-electron chi connectivity index (χ3n) is 6.26. The monoisotopic (exact) mass is 510 g/mol. The molecule has 178 valence electrons. The van der Waals surface area contributed by atoms with Gasteiger partial charge in [0.05, 0.1) is 28.3 Å². The Morgan fingerprint density at radius 3 is 2.22 bits per heavy atom. The van der Waals surface area contributed by atoms with Crippen LogP contribution in [0.15, 0.2) is 93.7 Å². The minimum atomic E-state index is -0.243. The summed E-state index contributed by atoms with van der Waals surface area (Å²) in [6.07, 6.45) is 0. The summed E-state index contributed by atoms with van der Waals surface area (Å²) in [6, 6.07) is 25.2. The lowest BCUT2D eigenvalue weighted by atomic mass is 10.2. The maximum Gasteiger partial charge on any atom is 0.283 e. The predicted octanol–water partition coefficient (Wildman–Crippen LogP) is 4.09. The SMILES string of the molecule is CC1=NN(c2ccccc2)C(=O)/C1=c1/s/c(=C2\Sc3ccccc3N2C)c(=O)n1-c1ccc(C)cc1. The maximum atomic E-state index is 14.0. The van der Waals surface area contributed by atoms with Crippen LogP contribution in [0.2, 0.25) is 0 Å². The first-order valence-corrected chi connectivity index (χ1v) is 13.1. The van der Waals surface area contributed by atoms with E-state index in [4.69, 9.17) is 0 Å². The van der Waals surface area contributed by atoms with Crippen LogP contribution in [0, 0.1) is 6.92 Å². The molecule has 2 aliphatic rings. The fraction of sp³-hybridized carbons (Fsp3) is 0.107. The molecule has 0 bridgehead atoms. The normalized spacial score (nSPS) is 18.1. The number of fused-ring (bicyclic) bond motifs is 1. The second-order valence-electron chi connectivity index (χ2n) is 8.66. The predicted molar refractivity (Wildman–Crippen MR) is 148 cm³/mol. The topological polar surface area (TPSA) is 57.9 Å². The lowest BCUT2D eigenvalue weighted by Crippen LogP contribution is -2.34. The number of hydrazone groups is 1. The fourth-order valence-corrected chi connectivity index (χ4v) is 6.95. The van der Waals surface area contributed by atoms with Crippen LogP contribution in [-0.2, 0) is 4.79 Å². The highest BCUT2D eigenvalue weighted by atomic mass is 32.2. The number of amides is 1. The van der Waals surface area contributed by atoms with Gasteiger partial charge in [-0.3, -0.25) is 14.2 Å². The van der Waals surface area contributed by atoms with Crippen molar-refractivity contribution in [2.45, 2.75) is 18.7 Å². The zero-order valence-electron chi connectivity index (χ0n) is 19.9. The minimum absolute atomic E-state index is 0.146. The first kappa shape index (κ1) is 22.6. The summed E-state index contributed by atoms with van der Waals surface area (Å²) >= 11 is 2.92. The van der Waals surface area contributed by atoms with E-state index in [9.17, 15) is 9.59 Å². The molecule has 0 spiro atoms. The molecule has 8 heteroatoms. The minimum Gasteiger partial charge on any atom is -0.337 e. The van der Waals surface area contributed by atoms with Crippen molar-refractivity contribution in [1.29, 1.82) is 0 Å². The van der Waals surface area contributed by atoms with Gasteiger partial charge < -0.3 is 4.90 Å². The molecule has 6 rings (SSSR count). The summed E-state index contributed by atoms with van der Waals surface area (Å²) in [4.78, 5) is 30.8. The van der Waals surface area contributed by atoms with Crippen molar-refractivity contribution in [2.24, 2.45) is 5.10 Å². The molecule has 0 fully saturated rings. The van der Waals surface area contributed by atoms with Crippen LogP contribution in [0.3, 0.4) is 0 Å². The molecule has 0 saturated carbocycles. The number of aromatic nitrogens is 1. The molecule has 1 aromatic heterocycles. The van der Waals surface area contributed by atoms with Crippen LogP contribution in [0.1, 0.15) is 12.5 Å². The number of carbonyl (C=O) groups excluding carboxylic acids is 1. The number of nitrogens with zero attached hydrogens (tertiary/aromatic N) is 4. The highest BCUT2D eigenvalue weighted by Gasteiger charge is 2.32. The lowest BCUT2D eigenvalue weighted by molar-refractivity contribution is -0.112. The van der Waals surface area contributed by atoms with E-state index in [-0.39, 0.29) is 11.5 Å². The van der Waals surface area contributed by atoms with Crippen LogP contribution in [0.25, 0.3) is 16.3 Å². The molecule has 36 heavy (non-hydrogen) atoms. The largest absolute Gasteiger partial charge is 0.337 e. The number of hydrogen-bond donors (Lipinski definition) is 0. The fourth-order valence-electron chi connectivity index (χ4n) is 4.40. The Morgan fingerprint density at radius 2 is 1.50 bits per heavy atom. The molecule has 3 heterocycles. The third-order valence-corrected chi connectivity index (χ3v) is 8.77. The van der Waals surface area contributed by atoms with Crippen molar-refractivity contribution in [3.05, 3.63) is 104 Å². The summed E-state index contributed by atoms with van der Waals surface area (Å²) in [5.41, 5.74) is 4.44. The number of rotatable bonds is 2. The number of hydrogen-bond acceptors (Lipinski definition) is 6. The second-order valence-corrected chi connectivity index (χ2v) is 10.7. The second kappa shape index (κ2) is 8.65. The molecular weight excluding hydrogens is 488 g/mol. The van der Waals surface area contributed by atoms with Crippen molar-refractivity contribution >= 4 is 56.7 Å². The van der Waals surface area contributed by atoms with Gasteiger partial charge in [-0.15, -0.1) is 11.3 Å². The van der Waals surface area contributed by atoms with Crippen LogP contribution in [0.4, 0.5) is 11.4 Å². The Hall–Kier alpha value is -3.88. The molecule has 0 atom stereocenters. The first-order valence-electron chi connectivity index (χ1n) is 11.5. The molecule has 4 aromatic rings. The summed E-state index contributed by atoms with van der Waals surface area (Å²) in [5.74, 6) is -0.243. The van der Waals surface area contributed by atoms with Crippen molar-refractivity contribution in [1.82, 2.24) is 4.57 Å². The molecule has 0 saturated heterocycles. The van der Waals surface area contributed by atoms with E-state index in [0.717, 1.165) is 26.9 Å². The first-order chi connectivity index (χ1) is 17.4. The summed E-state index contributed by atoms with van der Waals surface area (Å²) in [7, 11) is 1.97. The zero-order valence-corrected chi connectivity index (χ0v) is 21.6. The van der Waals surface area contributed by atoms with Crippen LogP contribution in [-0.4, -0.2) is 23.2 Å². The Labute approximate surface area is 216 Å². The average molecular weight is 511 g/mol. The molecule has 2 aliphatic heterocycles. The number of aryl methyl sites for hydroxylation is 1. The number of thioether (sulfide) groups is 1. The van der Waals surface area contributed by atoms with Crippen LogP contribution < -0.4 is 24.7 Å². The third kappa shape index (κ3) is 3.53. The van der Waals surface area contributed by atoms with E-state index in [1.165, 1.54) is 16.3 Å². The van der Waals surface area contributed by atoms with E-state index in [2.05, 4.69) is 16.1 Å². The van der Waals surface area contributed by atoms with E-state index < -0.39 is 0 Å². The maximum absolute atomic E-state index is 14.0. The lowest BCUT2D eigenvalue weighted by Gasteiger charge is -2.11. The van der Waals surface area contributed by atoms with Gasteiger partial charge in [-0.2, -0.15) is 10.1 Å². The van der Waals surface area contributed by atoms with E-state index in [0.29, 0.717) is 26.2 Å². The molecule has 0 unspecified atom stereocenters. The number of para-hydroxylation sites is 2. The number of benzene rings is 3.